The Morgan fingerprint density at radius 1 is 0.923 bits per heavy atom. The number of benzene rings is 3. The number of ether oxygens (including phenoxy) is 1. The van der Waals surface area contributed by atoms with E-state index in [4.69, 9.17) is 4.74 Å². The molecule has 0 fully saturated rings. The number of hydrogen-bond donors (Lipinski definition) is 2. The van der Waals surface area contributed by atoms with Gasteiger partial charge in [-0.05, 0) is 23.8 Å². The molecule has 0 unspecified atom stereocenters. The summed E-state index contributed by atoms with van der Waals surface area (Å²) < 4.78 is 5.31. The van der Waals surface area contributed by atoms with Gasteiger partial charge >= 0.3 is 0 Å². The number of rotatable bonds is 4. The summed E-state index contributed by atoms with van der Waals surface area (Å²) in [5, 5.41) is 6.37. The lowest BCUT2D eigenvalue weighted by Gasteiger charge is -2.15. The van der Waals surface area contributed by atoms with Crippen LogP contribution in [0.1, 0.15) is 11.1 Å². The van der Waals surface area contributed by atoms with E-state index in [0.29, 0.717) is 5.57 Å². The van der Waals surface area contributed by atoms with E-state index in [9.17, 15) is 4.79 Å². The van der Waals surface area contributed by atoms with Crippen LogP contribution in [0.3, 0.4) is 0 Å². The van der Waals surface area contributed by atoms with Crippen molar-refractivity contribution in [2.24, 2.45) is 0 Å². The molecule has 0 saturated heterocycles. The van der Waals surface area contributed by atoms with Gasteiger partial charge in [-0.3, -0.25) is 4.79 Å². The van der Waals surface area contributed by atoms with E-state index in [1.165, 1.54) is 0 Å². The van der Waals surface area contributed by atoms with E-state index in [2.05, 4.69) is 10.6 Å². The summed E-state index contributed by atoms with van der Waals surface area (Å²) in [4.78, 5) is 12.7. The molecule has 0 spiro atoms. The summed E-state index contributed by atoms with van der Waals surface area (Å²) >= 11 is 0. The minimum atomic E-state index is -0.111. The third kappa shape index (κ3) is 2.93. The van der Waals surface area contributed by atoms with Gasteiger partial charge in [0.2, 0.25) is 0 Å². The Bertz CT molecular complexity index is 994. The zero-order chi connectivity index (χ0) is 17.9. The van der Waals surface area contributed by atoms with Crippen molar-refractivity contribution in [1.29, 1.82) is 0 Å². The first-order valence-corrected chi connectivity index (χ1v) is 8.38. The molecule has 1 heterocycles. The standard InChI is InChI=1S/C22H18N2O2/c1-26-17-11-7-10-16(14-17)23-21(15-8-3-2-4-9-15)20-18-12-5-6-13-19(18)24-22(20)25/h2-14,23H,1H3,(H,24,25). The van der Waals surface area contributed by atoms with E-state index in [0.717, 1.165) is 33.9 Å². The molecule has 0 saturated carbocycles. The number of methoxy groups -OCH3 is 1. The van der Waals surface area contributed by atoms with Crippen molar-refractivity contribution in [3.63, 3.8) is 0 Å². The SMILES string of the molecule is COc1cccc(NC(=C2C(=O)Nc3ccccc32)c2ccccc2)c1. The fraction of sp³-hybridized carbons (Fsp3) is 0.0455. The Hall–Kier alpha value is -3.53. The second kappa shape index (κ2) is 6.76. The molecule has 0 aromatic heterocycles. The minimum absolute atomic E-state index is 0.111. The maximum absolute atomic E-state index is 12.7. The molecule has 0 aliphatic carbocycles. The van der Waals surface area contributed by atoms with Crippen molar-refractivity contribution in [3.05, 3.63) is 90.0 Å². The van der Waals surface area contributed by atoms with Crippen LogP contribution < -0.4 is 15.4 Å². The van der Waals surface area contributed by atoms with Crippen molar-refractivity contribution in [2.45, 2.75) is 0 Å². The van der Waals surface area contributed by atoms with Gasteiger partial charge in [0.15, 0.2) is 0 Å². The van der Waals surface area contributed by atoms with Crippen molar-refractivity contribution >= 4 is 28.6 Å². The van der Waals surface area contributed by atoms with E-state index >= 15 is 0 Å². The summed E-state index contributed by atoms with van der Waals surface area (Å²) in [6.45, 7) is 0. The molecule has 2 N–H and O–H groups in total. The van der Waals surface area contributed by atoms with Crippen LogP contribution in [0.5, 0.6) is 5.75 Å². The van der Waals surface area contributed by atoms with Crippen LogP contribution in [-0.2, 0) is 4.79 Å². The van der Waals surface area contributed by atoms with Crippen LogP contribution >= 0.6 is 0 Å². The van der Waals surface area contributed by atoms with Gasteiger partial charge in [0, 0.05) is 23.0 Å². The van der Waals surface area contributed by atoms with E-state index in [-0.39, 0.29) is 5.91 Å². The number of hydrogen-bond acceptors (Lipinski definition) is 3. The number of para-hydroxylation sites is 1. The molecule has 1 amide bonds. The number of nitrogens with one attached hydrogen (secondary N) is 2. The maximum Gasteiger partial charge on any atom is 0.258 e. The monoisotopic (exact) mass is 342 g/mol. The quantitative estimate of drug-likeness (QED) is 0.680. The highest BCUT2D eigenvalue weighted by Crippen LogP contribution is 2.37. The maximum atomic E-state index is 12.7. The molecule has 128 valence electrons. The summed E-state index contributed by atoms with van der Waals surface area (Å²) in [5.41, 5.74) is 4.92. The summed E-state index contributed by atoms with van der Waals surface area (Å²) in [5.74, 6) is 0.643. The van der Waals surface area contributed by atoms with Crippen molar-refractivity contribution < 1.29 is 9.53 Å². The molecule has 26 heavy (non-hydrogen) atoms. The predicted molar refractivity (Wildman–Crippen MR) is 105 cm³/mol. The molecule has 3 aromatic rings. The van der Waals surface area contributed by atoms with Gasteiger partial charge in [-0.1, -0.05) is 54.6 Å². The Morgan fingerprint density at radius 3 is 2.50 bits per heavy atom. The van der Waals surface area contributed by atoms with E-state index < -0.39 is 0 Å². The molecule has 4 nitrogen and oxygen atoms in total. The Balaban J connectivity index is 1.88. The van der Waals surface area contributed by atoms with Crippen molar-refractivity contribution in [2.75, 3.05) is 17.7 Å². The molecular weight excluding hydrogens is 324 g/mol. The molecule has 0 atom stereocenters. The second-order valence-corrected chi connectivity index (χ2v) is 5.97. The normalized spacial score (nSPS) is 14.4. The van der Waals surface area contributed by atoms with Crippen LogP contribution in [0.4, 0.5) is 11.4 Å². The van der Waals surface area contributed by atoms with Gasteiger partial charge < -0.3 is 15.4 Å². The molecule has 1 aliphatic heterocycles. The lowest BCUT2D eigenvalue weighted by atomic mass is 10.00. The lowest BCUT2D eigenvalue weighted by Crippen LogP contribution is -2.10. The number of amides is 1. The van der Waals surface area contributed by atoms with E-state index in [1.807, 2.05) is 78.9 Å². The summed E-state index contributed by atoms with van der Waals surface area (Å²) in [6, 6.07) is 25.2. The molecule has 0 radical (unpaired) electrons. The number of carbonyl (C=O) groups is 1. The largest absolute Gasteiger partial charge is 0.497 e. The Morgan fingerprint density at radius 2 is 1.69 bits per heavy atom. The van der Waals surface area contributed by atoms with Crippen LogP contribution in [0.2, 0.25) is 0 Å². The average molecular weight is 342 g/mol. The first-order valence-electron chi connectivity index (χ1n) is 8.38. The van der Waals surface area contributed by atoms with Crippen LogP contribution in [0.25, 0.3) is 11.3 Å². The fourth-order valence-electron chi connectivity index (χ4n) is 3.09. The first-order chi connectivity index (χ1) is 12.8. The van der Waals surface area contributed by atoms with Crippen molar-refractivity contribution in [1.82, 2.24) is 0 Å². The summed E-state index contributed by atoms with van der Waals surface area (Å²) in [7, 11) is 1.64. The highest BCUT2D eigenvalue weighted by Gasteiger charge is 2.27. The average Bonchev–Trinajstić information content (AvgIpc) is 3.02. The predicted octanol–water partition coefficient (Wildman–Crippen LogP) is 4.63. The van der Waals surface area contributed by atoms with Gasteiger partial charge in [-0.25, -0.2) is 0 Å². The second-order valence-electron chi connectivity index (χ2n) is 5.97. The molecule has 4 rings (SSSR count). The topological polar surface area (TPSA) is 50.4 Å². The number of anilines is 2. The zero-order valence-electron chi connectivity index (χ0n) is 14.3. The third-order valence-electron chi connectivity index (χ3n) is 4.32. The van der Waals surface area contributed by atoms with Crippen molar-refractivity contribution in [3.8, 4) is 5.75 Å². The highest BCUT2D eigenvalue weighted by atomic mass is 16.5. The number of fused-ring (bicyclic) bond motifs is 1. The van der Waals surface area contributed by atoms with Gasteiger partial charge in [0.05, 0.1) is 18.4 Å². The van der Waals surface area contributed by atoms with Crippen LogP contribution in [0, 0.1) is 0 Å². The molecule has 3 aromatic carbocycles. The fourth-order valence-corrected chi connectivity index (χ4v) is 3.09. The molecule has 0 bridgehead atoms. The number of carbonyl (C=O) groups excluding carboxylic acids is 1. The van der Waals surface area contributed by atoms with Crippen LogP contribution in [-0.4, -0.2) is 13.0 Å². The smallest absolute Gasteiger partial charge is 0.258 e. The van der Waals surface area contributed by atoms with Gasteiger partial charge in [0.1, 0.15) is 5.75 Å². The lowest BCUT2D eigenvalue weighted by molar-refractivity contribution is -0.110. The van der Waals surface area contributed by atoms with Gasteiger partial charge in [-0.2, -0.15) is 0 Å². The van der Waals surface area contributed by atoms with Gasteiger partial charge in [-0.15, -0.1) is 0 Å². The zero-order valence-corrected chi connectivity index (χ0v) is 14.3. The Kier molecular flexibility index (Phi) is 4.15. The van der Waals surface area contributed by atoms with Gasteiger partial charge in [0.25, 0.3) is 5.91 Å². The molecule has 1 aliphatic rings. The van der Waals surface area contributed by atoms with E-state index in [1.54, 1.807) is 7.11 Å². The first kappa shape index (κ1) is 16.0. The van der Waals surface area contributed by atoms with Crippen LogP contribution in [0.15, 0.2) is 78.9 Å². The molecular formula is C22H18N2O2. The Labute approximate surface area is 152 Å². The molecule has 4 heteroatoms. The minimum Gasteiger partial charge on any atom is -0.497 e. The third-order valence-corrected chi connectivity index (χ3v) is 4.32. The highest BCUT2D eigenvalue weighted by molar-refractivity contribution is 6.37. The summed E-state index contributed by atoms with van der Waals surface area (Å²) in [6.07, 6.45) is 0.